The molecule has 17 nitrogen and oxygen atoms in total. The summed E-state index contributed by atoms with van der Waals surface area (Å²) < 4.78 is 68.6. The molecule has 0 aromatic rings. The molecular formula is C79H154O17P2. The number of rotatable bonds is 80. The first-order valence-electron chi connectivity index (χ1n) is 41.3. The molecule has 0 aliphatic carbocycles. The Kier molecular flexibility index (Phi) is 71.9. The number of unbranched alkanes of at least 4 members (excludes halogenated alkanes) is 54. The van der Waals surface area contributed by atoms with Crippen LogP contribution in [0.3, 0.4) is 0 Å². The van der Waals surface area contributed by atoms with Crippen LogP contribution in [-0.2, 0) is 65.4 Å². The third-order valence-corrected chi connectivity index (χ3v) is 20.5. The summed E-state index contributed by atoms with van der Waals surface area (Å²) in [5.41, 5.74) is 0. The number of carbonyl (C=O) groups is 4. The van der Waals surface area contributed by atoms with Gasteiger partial charge in [-0.3, -0.25) is 37.3 Å². The molecule has 0 saturated carbocycles. The Morgan fingerprint density at radius 2 is 0.408 bits per heavy atom. The molecule has 5 atom stereocenters. The monoisotopic (exact) mass is 1440 g/mol. The number of hydrogen-bond donors (Lipinski definition) is 3. The van der Waals surface area contributed by atoms with Gasteiger partial charge in [0.25, 0.3) is 0 Å². The van der Waals surface area contributed by atoms with Gasteiger partial charge in [-0.05, 0) is 25.7 Å². The summed E-state index contributed by atoms with van der Waals surface area (Å²) in [6, 6.07) is 0. The maximum absolute atomic E-state index is 13.1. The second-order valence-electron chi connectivity index (χ2n) is 28.5. The van der Waals surface area contributed by atoms with E-state index >= 15 is 0 Å². The molecule has 19 heteroatoms. The SMILES string of the molecule is CCCCCCCCCCCCCCCCCCCCCCCC(=O)O[C@H](COC(=O)CCCCCCCCCCCCCCCCCCC)COP(=O)(O)OC[C@@H](O)COP(=O)(O)OC[C@@H](COC(=O)CCCCCCCCCCC)OC(=O)CCCCCCCCCCCCC. The van der Waals surface area contributed by atoms with Gasteiger partial charge in [0.2, 0.25) is 0 Å². The lowest BCUT2D eigenvalue weighted by atomic mass is 10.0. The van der Waals surface area contributed by atoms with Crippen molar-refractivity contribution in [2.75, 3.05) is 39.6 Å². The molecule has 2 unspecified atom stereocenters. The average Bonchev–Trinajstić information content (AvgIpc) is 0.950. The Morgan fingerprint density at radius 1 is 0.245 bits per heavy atom. The molecule has 0 saturated heterocycles. The van der Waals surface area contributed by atoms with Gasteiger partial charge >= 0.3 is 39.5 Å². The fraction of sp³-hybridized carbons (Fsp3) is 0.949. The molecule has 3 N–H and O–H groups in total. The summed E-state index contributed by atoms with van der Waals surface area (Å²) in [6.07, 6.45) is 65.3. The minimum Gasteiger partial charge on any atom is -0.462 e. The fourth-order valence-corrected chi connectivity index (χ4v) is 13.9. The van der Waals surface area contributed by atoms with E-state index in [0.717, 1.165) is 89.9 Å². The van der Waals surface area contributed by atoms with Gasteiger partial charge in [-0.2, -0.15) is 0 Å². The standard InChI is InChI=1S/C79H154O17P2/c1-5-9-13-17-21-25-28-30-32-34-35-36-37-39-41-43-46-50-54-58-62-66-79(84)96-75(70-90-77(82)64-60-56-52-48-45-42-40-38-33-31-29-26-22-18-14-10-6-2)72-94-98(87,88)92-68-73(80)67-91-97(85,86)93-71-74(69-89-76(81)63-59-55-51-47-24-20-16-12-8-4)95-78(83)65-61-57-53-49-44-27-23-19-15-11-7-3/h73-75,80H,5-72H2,1-4H3,(H,85,86)(H,87,88)/t73-,74+,75+/m0/s1. The molecule has 0 aliphatic heterocycles. The van der Waals surface area contributed by atoms with Crippen molar-refractivity contribution < 1.29 is 80.2 Å². The van der Waals surface area contributed by atoms with Gasteiger partial charge in [-0.1, -0.05) is 374 Å². The molecule has 0 aromatic carbocycles. The van der Waals surface area contributed by atoms with Crippen LogP contribution in [0.25, 0.3) is 0 Å². The van der Waals surface area contributed by atoms with Crippen molar-refractivity contribution in [3.05, 3.63) is 0 Å². The van der Waals surface area contributed by atoms with Crippen LogP contribution in [0.2, 0.25) is 0 Å². The van der Waals surface area contributed by atoms with Crippen LogP contribution < -0.4 is 0 Å². The zero-order valence-electron chi connectivity index (χ0n) is 63.8. The van der Waals surface area contributed by atoms with E-state index in [1.807, 2.05) is 0 Å². The number of phosphoric acid groups is 2. The molecule has 0 bridgehead atoms. The quantitative estimate of drug-likeness (QED) is 0.0222. The third kappa shape index (κ3) is 72.4. The van der Waals surface area contributed by atoms with Crippen molar-refractivity contribution >= 4 is 39.5 Å². The van der Waals surface area contributed by atoms with E-state index < -0.39 is 97.5 Å². The van der Waals surface area contributed by atoms with Crippen molar-refractivity contribution in [1.82, 2.24) is 0 Å². The van der Waals surface area contributed by atoms with Gasteiger partial charge in [0.15, 0.2) is 12.2 Å². The van der Waals surface area contributed by atoms with Gasteiger partial charge in [0, 0.05) is 25.7 Å². The van der Waals surface area contributed by atoms with E-state index in [1.54, 1.807) is 0 Å². The number of hydrogen-bond acceptors (Lipinski definition) is 15. The molecule has 0 heterocycles. The minimum absolute atomic E-state index is 0.108. The van der Waals surface area contributed by atoms with Crippen molar-refractivity contribution in [2.24, 2.45) is 0 Å². The number of esters is 4. The Hall–Kier alpha value is -1.94. The lowest BCUT2D eigenvalue weighted by molar-refractivity contribution is -0.161. The largest absolute Gasteiger partial charge is 0.472 e. The Balaban J connectivity index is 5.18. The molecule has 0 spiro atoms. The highest BCUT2D eigenvalue weighted by Gasteiger charge is 2.30. The van der Waals surface area contributed by atoms with Gasteiger partial charge in [0.1, 0.15) is 19.3 Å². The summed E-state index contributed by atoms with van der Waals surface area (Å²) in [5, 5.41) is 10.6. The van der Waals surface area contributed by atoms with Crippen LogP contribution in [0, 0.1) is 0 Å². The smallest absolute Gasteiger partial charge is 0.462 e. The lowest BCUT2D eigenvalue weighted by Gasteiger charge is -2.21. The number of carbonyl (C=O) groups excluding carboxylic acids is 4. The maximum Gasteiger partial charge on any atom is 0.472 e. The van der Waals surface area contributed by atoms with Gasteiger partial charge in [0.05, 0.1) is 26.4 Å². The van der Waals surface area contributed by atoms with Crippen LogP contribution in [0.15, 0.2) is 0 Å². The van der Waals surface area contributed by atoms with E-state index in [9.17, 15) is 43.2 Å². The van der Waals surface area contributed by atoms with E-state index in [-0.39, 0.29) is 25.7 Å². The highest BCUT2D eigenvalue weighted by Crippen LogP contribution is 2.45. The molecule has 0 amide bonds. The zero-order valence-corrected chi connectivity index (χ0v) is 65.6. The lowest BCUT2D eigenvalue weighted by Crippen LogP contribution is -2.30. The van der Waals surface area contributed by atoms with Crippen LogP contribution in [0.5, 0.6) is 0 Å². The first-order valence-corrected chi connectivity index (χ1v) is 44.3. The topological polar surface area (TPSA) is 237 Å². The highest BCUT2D eigenvalue weighted by atomic mass is 31.2. The van der Waals surface area contributed by atoms with E-state index in [1.165, 1.54) is 257 Å². The van der Waals surface area contributed by atoms with E-state index in [4.69, 9.17) is 37.0 Å². The molecule has 0 aromatic heterocycles. The third-order valence-electron chi connectivity index (χ3n) is 18.6. The highest BCUT2D eigenvalue weighted by molar-refractivity contribution is 7.47. The summed E-state index contributed by atoms with van der Waals surface area (Å²) in [5.74, 6) is -2.11. The first kappa shape index (κ1) is 96.1. The molecule has 0 fully saturated rings. The number of phosphoric ester groups is 2. The number of aliphatic hydroxyl groups is 1. The van der Waals surface area contributed by atoms with Crippen molar-refractivity contribution in [3.8, 4) is 0 Å². The van der Waals surface area contributed by atoms with Crippen molar-refractivity contribution in [3.63, 3.8) is 0 Å². The zero-order chi connectivity index (χ0) is 71.8. The molecule has 0 radical (unpaired) electrons. The Bertz CT molecular complexity index is 1860. The van der Waals surface area contributed by atoms with Crippen LogP contribution in [-0.4, -0.2) is 96.7 Å². The second kappa shape index (κ2) is 73.4. The predicted octanol–water partition coefficient (Wildman–Crippen LogP) is 23.8. The summed E-state index contributed by atoms with van der Waals surface area (Å²) in [7, 11) is -9.91. The van der Waals surface area contributed by atoms with Crippen LogP contribution in [0.1, 0.15) is 426 Å². The number of ether oxygens (including phenoxy) is 4. The normalized spacial score (nSPS) is 13.8. The number of aliphatic hydroxyl groups excluding tert-OH is 1. The van der Waals surface area contributed by atoms with Gasteiger partial charge in [-0.25, -0.2) is 9.13 Å². The first-order chi connectivity index (χ1) is 47.7. The van der Waals surface area contributed by atoms with Crippen LogP contribution >= 0.6 is 15.6 Å². The summed E-state index contributed by atoms with van der Waals surface area (Å²) in [6.45, 7) is 4.99. The summed E-state index contributed by atoms with van der Waals surface area (Å²) >= 11 is 0. The molecule has 582 valence electrons. The van der Waals surface area contributed by atoms with Crippen molar-refractivity contribution in [1.29, 1.82) is 0 Å². The molecule has 0 rings (SSSR count). The Morgan fingerprint density at radius 3 is 0.602 bits per heavy atom. The summed E-state index contributed by atoms with van der Waals surface area (Å²) in [4.78, 5) is 72.8. The van der Waals surface area contributed by atoms with Gasteiger partial charge in [-0.15, -0.1) is 0 Å². The Labute approximate surface area is 600 Å². The molecule has 98 heavy (non-hydrogen) atoms. The maximum atomic E-state index is 13.1. The van der Waals surface area contributed by atoms with E-state index in [0.29, 0.717) is 25.7 Å². The van der Waals surface area contributed by atoms with E-state index in [2.05, 4.69) is 27.7 Å². The minimum atomic E-state index is -4.96. The van der Waals surface area contributed by atoms with Gasteiger partial charge < -0.3 is 33.8 Å². The molecule has 0 aliphatic rings. The van der Waals surface area contributed by atoms with Crippen LogP contribution in [0.4, 0.5) is 0 Å². The second-order valence-corrected chi connectivity index (χ2v) is 31.4. The fourth-order valence-electron chi connectivity index (χ4n) is 12.3. The predicted molar refractivity (Wildman–Crippen MR) is 400 cm³/mol. The average molecular weight is 1440 g/mol. The van der Waals surface area contributed by atoms with Crippen molar-refractivity contribution in [2.45, 2.75) is 444 Å². The molecular weight excluding hydrogens is 1280 g/mol.